The van der Waals surface area contributed by atoms with Crippen LogP contribution in [0.25, 0.3) is 0 Å². The summed E-state index contributed by atoms with van der Waals surface area (Å²) in [6, 6.07) is 0. The predicted molar refractivity (Wildman–Crippen MR) is 50.8 cm³/mol. The Bertz CT molecular complexity index is 157. The Hall–Kier alpha value is -0.120. The van der Waals surface area contributed by atoms with E-state index >= 15 is 0 Å². The van der Waals surface area contributed by atoms with Crippen LogP contribution in [0.1, 0.15) is 12.8 Å². The van der Waals surface area contributed by atoms with Gasteiger partial charge >= 0.3 is 0 Å². The van der Waals surface area contributed by atoms with Gasteiger partial charge in [-0.1, -0.05) is 0 Å². The second-order valence-electron chi connectivity index (χ2n) is 4.18. The molecule has 0 aromatic rings. The van der Waals surface area contributed by atoms with Gasteiger partial charge < -0.3 is 14.4 Å². The maximum atomic E-state index is 5.23. The van der Waals surface area contributed by atoms with Crippen LogP contribution in [0.2, 0.25) is 0 Å². The second kappa shape index (κ2) is 4.40. The van der Waals surface area contributed by atoms with Gasteiger partial charge in [-0.15, -0.1) is 0 Å². The van der Waals surface area contributed by atoms with Crippen molar-refractivity contribution in [2.75, 3.05) is 40.0 Å². The standard InChI is InChI=1S/C10H19NO2/c1-12-7-9-3-2-4-11(5-9)6-10-8-13-10/h9-10H,2-8H2,1H3. The molecule has 2 saturated heterocycles. The molecule has 0 amide bonds. The lowest BCUT2D eigenvalue weighted by atomic mass is 9.99. The molecule has 0 radical (unpaired) electrons. The highest BCUT2D eigenvalue weighted by Gasteiger charge is 2.28. The molecule has 76 valence electrons. The maximum Gasteiger partial charge on any atom is 0.0936 e. The van der Waals surface area contributed by atoms with E-state index in [0.717, 1.165) is 25.7 Å². The lowest BCUT2D eigenvalue weighted by molar-refractivity contribution is 0.0871. The van der Waals surface area contributed by atoms with E-state index < -0.39 is 0 Å². The van der Waals surface area contributed by atoms with Crippen LogP contribution in [0.3, 0.4) is 0 Å². The van der Waals surface area contributed by atoms with Crippen molar-refractivity contribution in [3.05, 3.63) is 0 Å². The van der Waals surface area contributed by atoms with Crippen molar-refractivity contribution in [1.29, 1.82) is 0 Å². The van der Waals surface area contributed by atoms with Crippen LogP contribution in [0.15, 0.2) is 0 Å². The first-order valence-electron chi connectivity index (χ1n) is 5.21. The minimum atomic E-state index is 0.543. The van der Waals surface area contributed by atoms with Gasteiger partial charge in [-0.05, 0) is 25.3 Å². The fourth-order valence-electron chi connectivity index (χ4n) is 2.15. The summed E-state index contributed by atoms with van der Waals surface area (Å²) in [6.07, 6.45) is 3.19. The van der Waals surface area contributed by atoms with Crippen molar-refractivity contribution >= 4 is 0 Å². The van der Waals surface area contributed by atoms with Gasteiger partial charge in [0.1, 0.15) is 0 Å². The third-order valence-electron chi connectivity index (χ3n) is 2.87. The molecule has 3 nitrogen and oxygen atoms in total. The Balaban J connectivity index is 1.70. The van der Waals surface area contributed by atoms with Crippen LogP contribution in [-0.2, 0) is 9.47 Å². The van der Waals surface area contributed by atoms with Crippen molar-refractivity contribution in [2.24, 2.45) is 5.92 Å². The zero-order valence-corrected chi connectivity index (χ0v) is 8.37. The lowest BCUT2D eigenvalue weighted by Crippen LogP contribution is -2.39. The SMILES string of the molecule is COCC1CCCN(CC2CO2)C1. The topological polar surface area (TPSA) is 25.0 Å². The number of rotatable bonds is 4. The summed E-state index contributed by atoms with van der Waals surface area (Å²) in [7, 11) is 1.79. The lowest BCUT2D eigenvalue weighted by Gasteiger charge is -2.31. The van der Waals surface area contributed by atoms with E-state index in [9.17, 15) is 0 Å². The smallest absolute Gasteiger partial charge is 0.0936 e. The first-order valence-corrected chi connectivity index (χ1v) is 5.21. The van der Waals surface area contributed by atoms with Crippen molar-refractivity contribution < 1.29 is 9.47 Å². The Kier molecular flexibility index (Phi) is 3.19. The number of likely N-dealkylation sites (tertiary alicyclic amines) is 1. The van der Waals surface area contributed by atoms with E-state index in [4.69, 9.17) is 9.47 Å². The van der Waals surface area contributed by atoms with E-state index in [0.29, 0.717) is 6.10 Å². The number of hydrogen-bond acceptors (Lipinski definition) is 3. The van der Waals surface area contributed by atoms with E-state index in [1.165, 1.54) is 25.9 Å². The Morgan fingerprint density at radius 2 is 2.38 bits per heavy atom. The predicted octanol–water partition coefficient (Wildman–Crippen LogP) is 0.744. The highest BCUT2D eigenvalue weighted by atomic mass is 16.6. The van der Waals surface area contributed by atoms with Gasteiger partial charge in [0.2, 0.25) is 0 Å². The zero-order chi connectivity index (χ0) is 9.10. The molecule has 2 atom stereocenters. The van der Waals surface area contributed by atoms with E-state index in [2.05, 4.69) is 4.90 Å². The van der Waals surface area contributed by atoms with Gasteiger partial charge in [-0.3, -0.25) is 0 Å². The van der Waals surface area contributed by atoms with Crippen LogP contribution >= 0.6 is 0 Å². The van der Waals surface area contributed by atoms with Gasteiger partial charge in [0, 0.05) is 20.2 Å². The monoisotopic (exact) mass is 185 g/mol. The molecule has 0 aliphatic carbocycles. The van der Waals surface area contributed by atoms with Gasteiger partial charge in [0.15, 0.2) is 0 Å². The largest absolute Gasteiger partial charge is 0.384 e. The molecule has 0 aromatic carbocycles. The van der Waals surface area contributed by atoms with Crippen LogP contribution in [0.5, 0.6) is 0 Å². The van der Waals surface area contributed by atoms with Crippen LogP contribution in [-0.4, -0.2) is 51.0 Å². The van der Waals surface area contributed by atoms with Crippen molar-refractivity contribution in [2.45, 2.75) is 18.9 Å². The molecule has 2 aliphatic rings. The average Bonchev–Trinajstić information content (AvgIpc) is 2.90. The molecule has 2 rings (SSSR count). The summed E-state index contributed by atoms with van der Waals surface area (Å²) >= 11 is 0. The molecule has 0 bridgehead atoms. The molecule has 0 N–H and O–H groups in total. The van der Waals surface area contributed by atoms with Gasteiger partial charge in [0.25, 0.3) is 0 Å². The number of ether oxygens (including phenoxy) is 2. The molecule has 0 aromatic heterocycles. The number of nitrogens with zero attached hydrogens (tertiary/aromatic N) is 1. The van der Waals surface area contributed by atoms with E-state index in [1.54, 1.807) is 7.11 Å². The zero-order valence-electron chi connectivity index (χ0n) is 8.37. The van der Waals surface area contributed by atoms with Gasteiger partial charge in [0.05, 0.1) is 19.3 Å². The summed E-state index contributed by atoms with van der Waals surface area (Å²) in [5, 5.41) is 0. The van der Waals surface area contributed by atoms with Crippen molar-refractivity contribution in [3.8, 4) is 0 Å². The van der Waals surface area contributed by atoms with E-state index in [-0.39, 0.29) is 0 Å². The molecule has 2 fully saturated rings. The number of methoxy groups -OCH3 is 1. The molecule has 3 heteroatoms. The second-order valence-corrected chi connectivity index (χ2v) is 4.18. The van der Waals surface area contributed by atoms with Crippen molar-refractivity contribution in [3.63, 3.8) is 0 Å². The third kappa shape index (κ3) is 2.93. The summed E-state index contributed by atoms with van der Waals surface area (Å²) < 4.78 is 10.4. The number of piperidine rings is 1. The molecule has 2 heterocycles. The normalized spacial score (nSPS) is 34.8. The minimum absolute atomic E-state index is 0.543. The summed E-state index contributed by atoms with van der Waals surface area (Å²) in [4.78, 5) is 2.52. The average molecular weight is 185 g/mol. The Morgan fingerprint density at radius 1 is 1.54 bits per heavy atom. The van der Waals surface area contributed by atoms with E-state index in [1.807, 2.05) is 0 Å². The molecule has 0 spiro atoms. The minimum Gasteiger partial charge on any atom is -0.384 e. The quantitative estimate of drug-likeness (QED) is 0.604. The Labute approximate surface area is 80.0 Å². The number of epoxide rings is 1. The summed E-state index contributed by atoms with van der Waals surface area (Å²) in [5.74, 6) is 0.748. The van der Waals surface area contributed by atoms with Gasteiger partial charge in [-0.2, -0.15) is 0 Å². The fourth-order valence-corrected chi connectivity index (χ4v) is 2.15. The maximum absolute atomic E-state index is 5.23. The Morgan fingerprint density at radius 3 is 3.08 bits per heavy atom. The highest BCUT2D eigenvalue weighted by molar-refractivity contribution is 4.79. The first-order chi connectivity index (χ1) is 6.38. The van der Waals surface area contributed by atoms with Crippen LogP contribution in [0, 0.1) is 5.92 Å². The molecule has 13 heavy (non-hydrogen) atoms. The molecular weight excluding hydrogens is 166 g/mol. The molecule has 2 aliphatic heterocycles. The van der Waals surface area contributed by atoms with Gasteiger partial charge in [-0.25, -0.2) is 0 Å². The first kappa shape index (κ1) is 9.44. The fraction of sp³-hybridized carbons (Fsp3) is 1.00. The van der Waals surface area contributed by atoms with Crippen LogP contribution in [0.4, 0.5) is 0 Å². The van der Waals surface area contributed by atoms with Crippen molar-refractivity contribution in [1.82, 2.24) is 4.90 Å². The molecule has 2 unspecified atom stereocenters. The molecule has 0 saturated carbocycles. The number of hydrogen-bond donors (Lipinski definition) is 0. The summed E-state index contributed by atoms with van der Waals surface area (Å²) in [6.45, 7) is 5.49. The van der Waals surface area contributed by atoms with Crippen LogP contribution < -0.4 is 0 Å². The third-order valence-corrected chi connectivity index (χ3v) is 2.87. The molecular formula is C10H19NO2. The highest BCUT2D eigenvalue weighted by Crippen LogP contribution is 2.19. The summed E-state index contributed by atoms with van der Waals surface area (Å²) in [5.41, 5.74) is 0.